The normalized spacial score (nSPS) is 19.6. The number of hydrogen-bond acceptors (Lipinski definition) is 11. The first-order valence-corrected chi connectivity index (χ1v) is 17.1. The Morgan fingerprint density at radius 1 is 0.760 bits per heavy atom. The third-order valence-electron chi connectivity index (χ3n) is 8.55. The number of halogens is 3. The van der Waals surface area contributed by atoms with Crippen molar-refractivity contribution in [3.05, 3.63) is 99.0 Å². The van der Waals surface area contributed by atoms with Gasteiger partial charge >= 0.3 is 0 Å². The molecule has 2 aromatic heterocycles. The molecule has 0 saturated carbocycles. The Morgan fingerprint density at radius 3 is 1.68 bits per heavy atom. The van der Waals surface area contributed by atoms with Crippen LogP contribution in [-0.4, -0.2) is 76.5 Å². The van der Waals surface area contributed by atoms with Crippen molar-refractivity contribution in [2.45, 2.75) is 69.6 Å². The maximum atomic E-state index is 8.97. The largest absolute Gasteiger partial charge is 0.398 e. The van der Waals surface area contributed by atoms with E-state index in [2.05, 4.69) is 58.7 Å². The molecule has 2 saturated heterocycles. The lowest BCUT2D eigenvalue weighted by molar-refractivity contribution is 0.0357. The van der Waals surface area contributed by atoms with E-state index in [1.807, 2.05) is 36.4 Å². The minimum Gasteiger partial charge on any atom is -0.398 e. The van der Waals surface area contributed by atoms with Crippen LogP contribution in [0.25, 0.3) is 11.4 Å². The van der Waals surface area contributed by atoms with Gasteiger partial charge in [0.05, 0.1) is 69.2 Å². The van der Waals surface area contributed by atoms with Crippen molar-refractivity contribution in [3.8, 4) is 11.4 Å². The van der Waals surface area contributed by atoms with E-state index in [0.29, 0.717) is 38.3 Å². The number of ether oxygens (including phenoxy) is 2. The molecule has 2 aliphatic rings. The fourth-order valence-corrected chi connectivity index (χ4v) is 6.39. The summed E-state index contributed by atoms with van der Waals surface area (Å²) in [5, 5.41) is 32.7. The number of rotatable bonds is 6. The Labute approximate surface area is 305 Å². The van der Waals surface area contributed by atoms with E-state index >= 15 is 0 Å². The molecular weight excluding hydrogens is 703 g/mol. The van der Waals surface area contributed by atoms with Crippen LogP contribution in [0.3, 0.4) is 0 Å². The first-order valence-electron chi connectivity index (χ1n) is 16.0. The number of hydrogen-bond donors (Lipinski definition) is 3. The highest BCUT2D eigenvalue weighted by atomic mass is 35.5. The first-order chi connectivity index (χ1) is 23.7. The molecule has 0 bridgehead atoms. The van der Waals surface area contributed by atoms with Crippen molar-refractivity contribution in [1.82, 2.24) is 40.4 Å². The lowest BCUT2D eigenvalue weighted by Gasteiger charge is -2.16. The molecular formula is C34H41Cl3N10O3. The highest BCUT2D eigenvalue weighted by Gasteiger charge is 2.34. The number of benzene rings is 3. The zero-order chi connectivity index (χ0) is 36.1. The summed E-state index contributed by atoms with van der Waals surface area (Å²) in [6.45, 7) is 9.85. The minimum absolute atomic E-state index is 0.0148. The van der Waals surface area contributed by atoms with Crippen molar-refractivity contribution < 1.29 is 14.6 Å². The molecule has 13 nitrogen and oxygen atoms in total. The second-order valence-corrected chi connectivity index (χ2v) is 14.7. The molecule has 0 spiro atoms. The van der Waals surface area contributed by atoms with Gasteiger partial charge in [-0.1, -0.05) is 53.0 Å². The van der Waals surface area contributed by atoms with Crippen LogP contribution in [0.2, 0.25) is 15.1 Å². The van der Waals surface area contributed by atoms with E-state index in [0.717, 1.165) is 37.3 Å². The molecule has 266 valence electrons. The van der Waals surface area contributed by atoms with E-state index in [9.17, 15) is 0 Å². The Morgan fingerprint density at radius 2 is 1.24 bits per heavy atom. The highest BCUT2D eigenvalue weighted by molar-refractivity contribution is 6.33. The number of anilines is 1. The van der Waals surface area contributed by atoms with Gasteiger partial charge in [-0.3, -0.25) is 0 Å². The van der Waals surface area contributed by atoms with Gasteiger partial charge in [-0.05, 0) is 114 Å². The molecule has 7 rings (SSSR count). The Bertz CT molecular complexity index is 1860. The topological polar surface area (TPSA) is 178 Å². The van der Waals surface area contributed by atoms with Crippen LogP contribution in [-0.2, 0) is 9.47 Å². The second-order valence-electron chi connectivity index (χ2n) is 13.4. The van der Waals surface area contributed by atoms with Crippen LogP contribution < -0.4 is 11.5 Å². The Hall–Kier alpha value is -3.69. The summed E-state index contributed by atoms with van der Waals surface area (Å²) in [6, 6.07) is 16.6. The van der Waals surface area contributed by atoms with E-state index in [-0.39, 0.29) is 17.8 Å². The summed E-state index contributed by atoms with van der Waals surface area (Å²) in [5.74, 6) is 0.835. The van der Waals surface area contributed by atoms with Crippen molar-refractivity contribution in [3.63, 3.8) is 0 Å². The van der Waals surface area contributed by atoms with Crippen molar-refractivity contribution >= 4 is 40.5 Å². The van der Waals surface area contributed by atoms with E-state index in [1.165, 1.54) is 22.1 Å². The summed E-state index contributed by atoms with van der Waals surface area (Å²) in [7, 11) is 0. The number of nitrogens with zero attached hydrogens (tertiary/aromatic N) is 8. The number of aliphatic hydroxyl groups is 1. The second kappa shape index (κ2) is 16.1. The molecule has 50 heavy (non-hydrogen) atoms. The molecule has 0 unspecified atom stereocenters. The van der Waals surface area contributed by atoms with E-state index < -0.39 is 6.04 Å². The molecule has 16 heteroatoms. The summed E-state index contributed by atoms with van der Waals surface area (Å²) in [6.07, 6.45) is 5.02. The molecule has 3 aromatic carbocycles. The van der Waals surface area contributed by atoms with E-state index in [1.54, 1.807) is 29.2 Å². The predicted octanol–water partition coefficient (Wildman–Crippen LogP) is 6.11. The molecule has 5 N–H and O–H groups in total. The molecule has 4 heterocycles. The molecule has 2 fully saturated rings. The predicted molar refractivity (Wildman–Crippen MR) is 193 cm³/mol. The lowest BCUT2D eigenvalue weighted by Crippen LogP contribution is -2.16. The van der Waals surface area contributed by atoms with Gasteiger partial charge in [0, 0.05) is 11.8 Å². The van der Waals surface area contributed by atoms with Crippen LogP contribution in [0, 0.1) is 0 Å². The van der Waals surface area contributed by atoms with Gasteiger partial charge in [-0.2, -0.15) is 9.36 Å². The van der Waals surface area contributed by atoms with Gasteiger partial charge in [0.15, 0.2) is 0 Å². The molecule has 0 radical (unpaired) electrons. The smallest absolute Gasteiger partial charge is 0.143 e. The summed E-state index contributed by atoms with van der Waals surface area (Å²) >= 11 is 18.1. The molecule has 0 aliphatic carbocycles. The fraction of sp³-hybridized carbons (Fsp3) is 0.412. The number of nitrogens with two attached hydrogens (primary N) is 2. The summed E-state index contributed by atoms with van der Waals surface area (Å²) in [4.78, 5) is 0. The fourth-order valence-electron chi connectivity index (χ4n) is 5.86. The van der Waals surface area contributed by atoms with Gasteiger partial charge in [0.2, 0.25) is 0 Å². The van der Waals surface area contributed by atoms with Crippen molar-refractivity contribution in [1.29, 1.82) is 0 Å². The standard InChI is InChI=1S/C13H15ClN4O.C12H16ClNO.C9H10ClN5O/c1-13(2)6-10(7-19-13)9-3-4-11(14)12(5-9)18-8-15-16-17-18;1-12(2)6-9(7-15-12)8-3-4-10(13)11(14)5-8;10-7-2-1-6(8(11)4-16)3-9(7)15-5-12-13-14-15/h3-5,8,10H,6-7H2,1-2H3;3-5,9H,6-7,14H2,1-2H3;1-3,5,8,16H,4,11H2/t10-;9-;8-/m111/s1. The summed E-state index contributed by atoms with van der Waals surface area (Å²) in [5.41, 5.74) is 16.7. The first kappa shape index (κ1) is 37.6. The zero-order valence-electron chi connectivity index (χ0n) is 28.2. The van der Waals surface area contributed by atoms with Gasteiger partial charge in [-0.25, -0.2) is 0 Å². The number of nitrogen functional groups attached to an aromatic ring is 1. The van der Waals surface area contributed by atoms with E-state index in [4.69, 9.17) is 60.9 Å². The van der Waals surface area contributed by atoms with Crippen molar-refractivity contribution in [2.24, 2.45) is 5.73 Å². The number of tetrazole rings is 2. The van der Waals surface area contributed by atoms with Crippen LogP contribution in [0.1, 0.15) is 75.1 Å². The number of aliphatic hydroxyl groups excluding tert-OH is 1. The molecule has 3 atom stereocenters. The van der Waals surface area contributed by atoms with Gasteiger partial charge in [0.25, 0.3) is 0 Å². The van der Waals surface area contributed by atoms with Crippen LogP contribution in [0.15, 0.2) is 67.3 Å². The van der Waals surface area contributed by atoms with Gasteiger partial charge in [0.1, 0.15) is 12.7 Å². The lowest BCUT2D eigenvalue weighted by atomic mass is 9.91. The quantitative estimate of drug-likeness (QED) is 0.171. The summed E-state index contributed by atoms with van der Waals surface area (Å²) < 4.78 is 14.5. The van der Waals surface area contributed by atoms with Crippen LogP contribution in [0.4, 0.5) is 5.69 Å². The average Bonchev–Trinajstić information content (AvgIpc) is 3.92. The molecule has 2 aliphatic heterocycles. The van der Waals surface area contributed by atoms with Gasteiger partial charge in [-0.15, -0.1) is 10.2 Å². The minimum atomic E-state index is -0.438. The molecule has 0 amide bonds. The SMILES string of the molecule is CC1(C)C[C@@H](c2ccc(Cl)c(-n3cnnn3)c2)CO1.CC1(C)C[C@@H](c2ccc(Cl)c(N)c2)CO1.N[C@H](CO)c1ccc(Cl)c(-n2cnnn2)c1. The van der Waals surface area contributed by atoms with Crippen LogP contribution >= 0.6 is 34.8 Å². The maximum Gasteiger partial charge on any atom is 0.143 e. The maximum absolute atomic E-state index is 8.97. The molecule has 5 aromatic rings. The monoisotopic (exact) mass is 742 g/mol. The zero-order valence-corrected chi connectivity index (χ0v) is 30.5. The third-order valence-corrected chi connectivity index (χ3v) is 9.53. The van der Waals surface area contributed by atoms with Crippen LogP contribution in [0.5, 0.6) is 0 Å². The number of aromatic nitrogens is 8. The average molecular weight is 744 g/mol. The highest BCUT2D eigenvalue weighted by Crippen LogP contribution is 2.38. The Kier molecular flexibility index (Phi) is 12.1. The van der Waals surface area contributed by atoms with Gasteiger partial charge < -0.3 is 26.0 Å². The Balaban J connectivity index is 0.000000147. The van der Waals surface area contributed by atoms with Crippen molar-refractivity contribution in [2.75, 3.05) is 25.6 Å². The third kappa shape index (κ3) is 9.55.